The Morgan fingerprint density at radius 3 is 1.92 bits per heavy atom. The van der Waals surface area contributed by atoms with Crippen molar-refractivity contribution in [2.45, 2.75) is 49.9 Å². The van der Waals surface area contributed by atoms with E-state index in [4.69, 9.17) is 0 Å². The van der Waals surface area contributed by atoms with Crippen LogP contribution >= 0.6 is 0 Å². The fourth-order valence-electron chi connectivity index (χ4n) is 2.12. The van der Waals surface area contributed by atoms with Crippen LogP contribution in [0.15, 0.2) is 18.3 Å². The number of halogens is 8. The zero-order valence-corrected chi connectivity index (χ0v) is 15.4. The summed E-state index contributed by atoms with van der Waals surface area (Å²) in [7, 11) is 0. The maximum Gasteiger partial charge on any atom is 0.378 e. The predicted octanol–water partition coefficient (Wildman–Crippen LogP) is 5.12. The molecule has 2 rings (SSSR count). The van der Waals surface area contributed by atoms with Gasteiger partial charge in [-0.05, 0) is 11.5 Å². The number of hydrogen-bond acceptors (Lipinski definition) is 1. The first kappa shape index (κ1) is 22.0. The molecule has 0 N–H and O–H groups in total. The van der Waals surface area contributed by atoms with Crippen molar-refractivity contribution in [1.82, 2.24) is 4.98 Å². The second-order valence-corrected chi connectivity index (χ2v) is 6.48. The van der Waals surface area contributed by atoms with Gasteiger partial charge in [0, 0.05) is 26.3 Å². The van der Waals surface area contributed by atoms with E-state index >= 15 is 0 Å². The summed E-state index contributed by atoms with van der Waals surface area (Å²) < 4.78 is 108. The third kappa shape index (κ3) is 3.12. The number of allylic oxidation sites excluding steroid dienone is 2. The third-order valence-electron chi connectivity index (χ3n) is 3.66. The molecule has 0 aliphatic heterocycles. The van der Waals surface area contributed by atoms with Gasteiger partial charge in [-0.1, -0.05) is 32.0 Å². The smallest absolute Gasteiger partial charge is 0.351 e. The predicted molar refractivity (Wildman–Crippen MR) is 69.4 cm³/mol. The van der Waals surface area contributed by atoms with Gasteiger partial charge in [-0.3, -0.25) is 0 Å². The number of pyridine rings is 1. The van der Waals surface area contributed by atoms with Gasteiger partial charge in [0.15, 0.2) is 0 Å². The molecular formula is C15H12F8IrN-. The van der Waals surface area contributed by atoms with E-state index in [0.717, 1.165) is 12.3 Å². The van der Waals surface area contributed by atoms with Gasteiger partial charge in [0.05, 0.1) is 0 Å². The van der Waals surface area contributed by atoms with Gasteiger partial charge in [-0.2, -0.15) is 32.4 Å². The molecule has 143 valence electrons. The van der Waals surface area contributed by atoms with Gasteiger partial charge in [0.2, 0.25) is 0 Å². The molecule has 0 bridgehead atoms. The molecule has 1 aliphatic rings. The summed E-state index contributed by atoms with van der Waals surface area (Å²) in [5.74, 6) is -23.7. The first-order chi connectivity index (χ1) is 10.6. The van der Waals surface area contributed by atoms with E-state index in [0.29, 0.717) is 11.6 Å². The van der Waals surface area contributed by atoms with Gasteiger partial charge in [0.25, 0.3) is 5.92 Å². The molecule has 0 spiro atoms. The average Bonchev–Trinajstić information content (AvgIpc) is 2.42. The third-order valence-corrected chi connectivity index (χ3v) is 3.66. The van der Waals surface area contributed by atoms with Crippen LogP contribution in [0.1, 0.15) is 32.0 Å². The maximum atomic E-state index is 13.9. The van der Waals surface area contributed by atoms with Crippen LogP contribution in [0.5, 0.6) is 0 Å². The van der Waals surface area contributed by atoms with Gasteiger partial charge in [0.1, 0.15) is 0 Å². The second-order valence-electron chi connectivity index (χ2n) is 6.48. The molecule has 0 saturated heterocycles. The van der Waals surface area contributed by atoms with Gasteiger partial charge < -0.3 is 4.98 Å². The van der Waals surface area contributed by atoms with Crippen molar-refractivity contribution >= 4 is 5.57 Å². The van der Waals surface area contributed by atoms with Gasteiger partial charge in [-0.25, -0.2) is 8.78 Å². The van der Waals surface area contributed by atoms with Crippen LogP contribution in [0.25, 0.3) is 5.57 Å². The average molecular weight is 550 g/mol. The van der Waals surface area contributed by atoms with Crippen molar-refractivity contribution < 1.29 is 55.2 Å². The fraction of sp³-hybridized carbons (Fsp3) is 0.533. The van der Waals surface area contributed by atoms with E-state index < -0.39 is 40.4 Å². The van der Waals surface area contributed by atoms with Gasteiger partial charge in [-0.15, -0.1) is 11.6 Å². The largest absolute Gasteiger partial charge is 0.378 e. The summed E-state index contributed by atoms with van der Waals surface area (Å²) in [5, 5.41) is 0. The minimum absolute atomic E-state index is 0. The molecule has 0 aromatic carbocycles. The van der Waals surface area contributed by atoms with Crippen molar-refractivity contribution in [3.05, 3.63) is 35.7 Å². The molecule has 1 radical (unpaired) electrons. The number of alkyl halides is 8. The monoisotopic (exact) mass is 551 g/mol. The van der Waals surface area contributed by atoms with Crippen LogP contribution in [0.4, 0.5) is 35.1 Å². The molecule has 0 amide bonds. The van der Waals surface area contributed by atoms with E-state index in [-0.39, 0.29) is 20.1 Å². The number of nitrogens with zero attached hydrogens (tertiary/aromatic N) is 1. The Labute approximate surface area is 151 Å². The zero-order valence-electron chi connectivity index (χ0n) is 13.0. The Hall–Kier alpha value is -1.02. The van der Waals surface area contributed by atoms with E-state index in [1.165, 1.54) is 6.07 Å². The number of aromatic nitrogens is 1. The van der Waals surface area contributed by atoms with Crippen LogP contribution in [-0.4, -0.2) is 28.7 Å². The number of hydrogen-bond donors (Lipinski definition) is 0. The van der Waals surface area contributed by atoms with Crippen molar-refractivity contribution in [2.24, 2.45) is 0 Å². The van der Waals surface area contributed by atoms with E-state index in [1.54, 1.807) is 20.8 Å². The Bertz CT molecular complexity index is 691. The Morgan fingerprint density at radius 2 is 1.44 bits per heavy atom. The van der Waals surface area contributed by atoms with Crippen LogP contribution in [0, 0.1) is 6.08 Å². The molecule has 1 heterocycles. The van der Waals surface area contributed by atoms with E-state index in [2.05, 4.69) is 4.98 Å². The zero-order chi connectivity index (χ0) is 18.8. The van der Waals surface area contributed by atoms with Crippen LogP contribution < -0.4 is 0 Å². The van der Waals surface area contributed by atoms with Crippen molar-refractivity contribution in [2.75, 3.05) is 0 Å². The van der Waals surface area contributed by atoms with Crippen LogP contribution in [0.2, 0.25) is 0 Å². The molecule has 0 saturated carbocycles. The minimum Gasteiger partial charge on any atom is -0.351 e. The summed E-state index contributed by atoms with van der Waals surface area (Å²) in [6.07, 6.45) is 1.51. The second kappa shape index (κ2) is 6.01. The van der Waals surface area contributed by atoms with Crippen molar-refractivity contribution in [3.63, 3.8) is 0 Å². The fourth-order valence-corrected chi connectivity index (χ4v) is 2.12. The van der Waals surface area contributed by atoms with E-state index in [9.17, 15) is 35.1 Å². The Morgan fingerprint density at radius 1 is 0.920 bits per heavy atom. The minimum atomic E-state index is -6.30. The SMILES string of the molecule is CC(C)(C)c1ccnc(C2=[C-]C(F)(F)C(F)(F)C(F)(F)C2(F)F)c1.[Ir]. The molecular weight excluding hydrogens is 538 g/mol. The quantitative estimate of drug-likeness (QED) is 0.350. The number of rotatable bonds is 1. The van der Waals surface area contributed by atoms with Crippen molar-refractivity contribution in [1.29, 1.82) is 0 Å². The summed E-state index contributed by atoms with van der Waals surface area (Å²) in [6.45, 7) is 4.96. The topological polar surface area (TPSA) is 12.9 Å². The summed E-state index contributed by atoms with van der Waals surface area (Å²) in [6, 6.07) is 2.25. The normalized spacial score (nSPS) is 23.4. The van der Waals surface area contributed by atoms with Gasteiger partial charge >= 0.3 is 17.8 Å². The summed E-state index contributed by atoms with van der Waals surface area (Å²) >= 11 is 0. The summed E-state index contributed by atoms with van der Waals surface area (Å²) in [4.78, 5) is 3.36. The standard InChI is InChI=1S/C15H12F8N.Ir/c1-11(2,3)8-4-5-24-10(6-8)9-7-12(16,17)14(20,21)15(22,23)13(9,18)19;/h4-6H,1-3H3;/q-1;. The molecule has 0 fully saturated rings. The summed E-state index contributed by atoms with van der Waals surface area (Å²) in [5.41, 5.74) is -3.32. The molecule has 1 aromatic heterocycles. The molecule has 0 unspecified atom stereocenters. The molecule has 1 aromatic rings. The van der Waals surface area contributed by atoms with Crippen LogP contribution in [0.3, 0.4) is 0 Å². The van der Waals surface area contributed by atoms with E-state index in [1.807, 2.05) is 0 Å². The molecule has 10 heteroatoms. The Balaban J connectivity index is 0.00000312. The first-order valence-electron chi connectivity index (χ1n) is 6.69. The first-order valence-corrected chi connectivity index (χ1v) is 6.69. The molecule has 25 heavy (non-hydrogen) atoms. The van der Waals surface area contributed by atoms with Crippen LogP contribution in [-0.2, 0) is 25.5 Å². The maximum absolute atomic E-state index is 13.9. The Kier molecular flexibility index (Phi) is 5.29. The molecule has 0 atom stereocenters. The molecule has 1 aliphatic carbocycles. The van der Waals surface area contributed by atoms with Crippen molar-refractivity contribution in [3.8, 4) is 0 Å². The molecule has 1 nitrogen and oxygen atoms in total.